The Morgan fingerprint density at radius 2 is 1.85 bits per heavy atom. The van der Waals surface area contributed by atoms with E-state index in [1.807, 2.05) is 45.7 Å². The predicted octanol–water partition coefficient (Wildman–Crippen LogP) is 2.83. The molecule has 3 aliphatic heterocycles. The maximum Gasteiger partial charge on any atom is 0.317 e. The van der Waals surface area contributed by atoms with E-state index in [2.05, 4.69) is 23.1 Å². The maximum atomic E-state index is 13.9. The molecule has 4 heterocycles. The average Bonchev–Trinajstić information content (AvgIpc) is 3.32. The van der Waals surface area contributed by atoms with Crippen molar-refractivity contribution in [2.75, 3.05) is 64.0 Å². The summed E-state index contributed by atoms with van der Waals surface area (Å²) in [5, 5.41) is 9.19. The summed E-state index contributed by atoms with van der Waals surface area (Å²) in [7, 11) is 1.89. The van der Waals surface area contributed by atoms with Crippen molar-refractivity contribution in [3.8, 4) is 16.9 Å². The standard InChI is InChI=1S/C31H37N5O5/c1-33-28-10-12-35(21-29(37)38)20-26(28)32-30(33)31(39)36-11-4-8-25-24(7-3-9-27(25)36)22-5-2-6-23(19-22)41-18-15-34-13-16-40-17-14-34/h2-3,5-7,9,19H,4,8,10-18,20-21H2,1H3,(H,37,38). The van der Waals surface area contributed by atoms with Crippen LogP contribution >= 0.6 is 0 Å². The van der Waals surface area contributed by atoms with E-state index in [4.69, 9.17) is 14.5 Å². The topological polar surface area (TPSA) is 100 Å². The molecular formula is C31H37N5O5. The van der Waals surface area contributed by atoms with E-state index >= 15 is 0 Å². The molecule has 10 nitrogen and oxygen atoms in total. The van der Waals surface area contributed by atoms with Gasteiger partial charge < -0.3 is 24.0 Å². The minimum absolute atomic E-state index is 0.0261. The van der Waals surface area contributed by atoms with Gasteiger partial charge >= 0.3 is 5.97 Å². The summed E-state index contributed by atoms with van der Waals surface area (Å²) < 4.78 is 13.4. The molecule has 1 amide bonds. The third-order valence-electron chi connectivity index (χ3n) is 8.31. The van der Waals surface area contributed by atoms with Crippen LogP contribution in [0.4, 0.5) is 5.69 Å². The number of carbonyl (C=O) groups is 2. The van der Waals surface area contributed by atoms with E-state index in [1.165, 1.54) is 0 Å². The Bertz CT molecular complexity index is 1430. The van der Waals surface area contributed by atoms with Gasteiger partial charge in [-0.05, 0) is 47.7 Å². The highest BCUT2D eigenvalue weighted by atomic mass is 16.5. The minimum Gasteiger partial charge on any atom is -0.492 e. The van der Waals surface area contributed by atoms with E-state index in [0.29, 0.717) is 38.5 Å². The van der Waals surface area contributed by atoms with Gasteiger partial charge in [-0.1, -0.05) is 24.3 Å². The molecule has 0 radical (unpaired) electrons. The van der Waals surface area contributed by atoms with Crippen molar-refractivity contribution in [1.29, 1.82) is 0 Å². The van der Waals surface area contributed by atoms with Gasteiger partial charge in [0.25, 0.3) is 5.91 Å². The Labute approximate surface area is 240 Å². The summed E-state index contributed by atoms with van der Waals surface area (Å²) in [5.41, 5.74) is 6.06. The van der Waals surface area contributed by atoms with Crippen LogP contribution < -0.4 is 9.64 Å². The summed E-state index contributed by atoms with van der Waals surface area (Å²) in [5.74, 6) is 0.269. The first-order valence-electron chi connectivity index (χ1n) is 14.4. The Morgan fingerprint density at radius 1 is 1.02 bits per heavy atom. The van der Waals surface area contributed by atoms with Gasteiger partial charge in [-0.15, -0.1) is 0 Å². The van der Waals surface area contributed by atoms with Crippen LogP contribution in [0.3, 0.4) is 0 Å². The fourth-order valence-corrected chi connectivity index (χ4v) is 6.20. The highest BCUT2D eigenvalue weighted by molar-refractivity contribution is 6.05. The first-order valence-corrected chi connectivity index (χ1v) is 14.4. The van der Waals surface area contributed by atoms with Gasteiger partial charge in [0, 0.05) is 64.1 Å². The van der Waals surface area contributed by atoms with Gasteiger partial charge in [-0.2, -0.15) is 0 Å². The number of rotatable bonds is 8. The van der Waals surface area contributed by atoms with Gasteiger partial charge in [-0.25, -0.2) is 4.98 Å². The van der Waals surface area contributed by atoms with Gasteiger partial charge in [0.2, 0.25) is 0 Å². The van der Waals surface area contributed by atoms with Crippen LogP contribution in [0.2, 0.25) is 0 Å². The van der Waals surface area contributed by atoms with Gasteiger partial charge in [0.05, 0.1) is 25.5 Å². The SMILES string of the molecule is Cn1c(C(=O)N2CCCc3c(-c4cccc(OCCN5CCOCC5)c4)cccc32)nc2c1CCN(CC(=O)O)C2. The zero-order chi connectivity index (χ0) is 28.3. The summed E-state index contributed by atoms with van der Waals surface area (Å²) in [6.45, 7) is 6.62. The van der Waals surface area contributed by atoms with Crippen molar-refractivity contribution in [1.82, 2.24) is 19.4 Å². The number of hydrogen-bond donors (Lipinski definition) is 1. The van der Waals surface area contributed by atoms with E-state index in [1.54, 1.807) is 0 Å². The van der Waals surface area contributed by atoms with Crippen molar-refractivity contribution in [2.45, 2.75) is 25.8 Å². The average molecular weight is 560 g/mol. The third-order valence-corrected chi connectivity index (χ3v) is 8.31. The summed E-state index contributed by atoms with van der Waals surface area (Å²) in [4.78, 5) is 35.9. The number of hydrogen-bond acceptors (Lipinski definition) is 7. The lowest BCUT2D eigenvalue weighted by Gasteiger charge is -2.31. The highest BCUT2D eigenvalue weighted by Gasteiger charge is 2.31. The Kier molecular flexibility index (Phi) is 8.04. The molecule has 1 N–H and O–H groups in total. The van der Waals surface area contributed by atoms with Crippen LogP contribution in [0.15, 0.2) is 42.5 Å². The number of benzene rings is 2. The van der Waals surface area contributed by atoms with Crippen LogP contribution in [0.1, 0.15) is 34.0 Å². The van der Waals surface area contributed by atoms with Gasteiger partial charge in [-0.3, -0.25) is 19.4 Å². The Balaban J connectivity index is 1.21. The molecule has 0 aliphatic carbocycles. The second-order valence-electron chi connectivity index (χ2n) is 10.9. The van der Waals surface area contributed by atoms with Crippen LogP contribution in [-0.4, -0.2) is 95.4 Å². The second-order valence-corrected chi connectivity index (χ2v) is 10.9. The number of carboxylic acids is 1. The fourth-order valence-electron chi connectivity index (χ4n) is 6.20. The van der Waals surface area contributed by atoms with Crippen molar-refractivity contribution < 1.29 is 24.2 Å². The number of aliphatic carboxylic acids is 1. The smallest absolute Gasteiger partial charge is 0.317 e. The molecule has 0 bridgehead atoms. The van der Waals surface area contributed by atoms with E-state index in [-0.39, 0.29) is 12.5 Å². The molecule has 3 aromatic rings. The molecule has 41 heavy (non-hydrogen) atoms. The monoisotopic (exact) mass is 559 g/mol. The molecule has 6 rings (SSSR count). The predicted molar refractivity (Wildman–Crippen MR) is 154 cm³/mol. The number of nitrogens with zero attached hydrogens (tertiary/aromatic N) is 5. The number of aromatic nitrogens is 2. The highest BCUT2D eigenvalue weighted by Crippen LogP contribution is 2.37. The van der Waals surface area contributed by atoms with Crippen molar-refractivity contribution in [3.63, 3.8) is 0 Å². The number of morpholine rings is 1. The minimum atomic E-state index is -0.855. The van der Waals surface area contributed by atoms with Crippen LogP contribution in [0.5, 0.6) is 5.75 Å². The number of carboxylic acid groups (broad SMARTS) is 1. The van der Waals surface area contributed by atoms with Crippen LogP contribution in [-0.2, 0) is 36.0 Å². The molecular weight excluding hydrogens is 522 g/mol. The first kappa shape index (κ1) is 27.4. The quantitative estimate of drug-likeness (QED) is 0.450. The lowest BCUT2D eigenvalue weighted by Crippen LogP contribution is -2.38. The van der Waals surface area contributed by atoms with Gasteiger partial charge in [0.15, 0.2) is 5.82 Å². The lowest BCUT2D eigenvalue weighted by molar-refractivity contribution is -0.138. The number of imidazole rings is 1. The summed E-state index contributed by atoms with van der Waals surface area (Å²) in [6.07, 6.45) is 2.42. The molecule has 0 unspecified atom stereocenters. The molecule has 2 aromatic carbocycles. The van der Waals surface area contributed by atoms with Gasteiger partial charge in [0.1, 0.15) is 12.4 Å². The molecule has 216 valence electrons. The fraction of sp³-hybridized carbons (Fsp3) is 0.452. The molecule has 0 atom stereocenters. The lowest BCUT2D eigenvalue weighted by atomic mass is 9.92. The molecule has 1 saturated heterocycles. The molecule has 10 heteroatoms. The molecule has 3 aliphatic rings. The number of anilines is 1. The molecule has 1 aromatic heterocycles. The van der Waals surface area contributed by atoms with Crippen LogP contribution in [0, 0.1) is 0 Å². The van der Waals surface area contributed by atoms with E-state index in [9.17, 15) is 14.7 Å². The summed E-state index contributed by atoms with van der Waals surface area (Å²) >= 11 is 0. The maximum absolute atomic E-state index is 13.9. The normalized spacial score (nSPS) is 17.6. The molecule has 1 fully saturated rings. The first-order chi connectivity index (χ1) is 20.0. The van der Waals surface area contributed by atoms with E-state index in [0.717, 1.165) is 85.2 Å². The number of amides is 1. The zero-order valence-electron chi connectivity index (χ0n) is 23.6. The third kappa shape index (κ3) is 5.86. The van der Waals surface area contributed by atoms with E-state index < -0.39 is 5.97 Å². The Morgan fingerprint density at radius 3 is 2.68 bits per heavy atom. The molecule has 0 spiro atoms. The number of carbonyl (C=O) groups excluding carboxylic acids is 1. The Hall–Kier alpha value is -3.73. The number of ether oxygens (including phenoxy) is 2. The number of fused-ring (bicyclic) bond motifs is 2. The van der Waals surface area contributed by atoms with Crippen molar-refractivity contribution in [3.05, 3.63) is 65.2 Å². The second kappa shape index (κ2) is 12.0. The van der Waals surface area contributed by atoms with Crippen molar-refractivity contribution in [2.24, 2.45) is 7.05 Å². The molecule has 0 saturated carbocycles. The largest absolute Gasteiger partial charge is 0.492 e. The zero-order valence-corrected chi connectivity index (χ0v) is 23.6. The summed E-state index contributed by atoms with van der Waals surface area (Å²) in [6, 6.07) is 14.4. The van der Waals surface area contributed by atoms with Crippen LogP contribution in [0.25, 0.3) is 11.1 Å². The van der Waals surface area contributed by atoms with Crippen molar-refractivity contribution >= 4 is 17.6 Å².